The van der Waals surface area contributed by atoms with E-state index in [0.29, 0.717) is 12.2 Å². The standard InChI is InChI=1S/C12H10O2S.C6H10O3/c13-9-5-1-3-7-11(9)15-12-8-4-2-6-10(12)14;1(5-3-8-5)7-2-6-4-9-6/h1-8,13-14H;5-6H,1-4H2. The third-order valence-electron chi connectivity index (χ3n) is 3.36. The Balaban J connectivity index is 0.000000159. The summed E-state index contributed by atoms with van der Waals surface area (Å²) in [6.07, 6.45) is 0.785. The lowest BCUT2D eigenvalue weighted by atomic mass is 10.3. The van der Waals surface area contributed by atoms with E-state index in [1.165, 1.54) is 11.8 Å². The second-order valence-corrected chi connectivity index (χ2v) is 6.57. The van der Waals surface area contributed by atoms with Gasteiger partial charge in [-0.3, -0.25) is 0 Å². The largest absolute Gasteiger partial charge is 0.507 e. The van der Waals surface area contributed by atoms with Crippen LogP contribution in [0.5, 0.6) is 11.5 Å². The highest BCUT2D eigenvalue weighted by Crippen LogP contribution is 2.37. The molecule has 0 amide bonds. The summed E-state index contributed by atoms with van der Waals surface area (Å²) in [7, 11) is 0. The molecule has 24 heavy (non-hydrogen) atoms. The van der Waals surface area contributed by atoms with Crippen LogP contribution in [0.2, 0.25) is 0 Å². The molecule has 0 aromatic heterocycles. The first kappa shape index (κ1) is 17.1. The van der Waals surface area contributed by atoms with E-state index in [1.54, 1.807) is 24.3 Å². The molecule has 0 radical (unpaired) electrons. The van der Waals surface area contributed by atoms with Gasteiger partial charge in [-0.25, -0.2) is 0 Å². The smallest absolute Gasteiger partial charge is 0.129 e. The average Bonchev–Trinajstić information content (AvgIpc) is 3.48. The van der Waals surface area contributed by atoms with E-state index in [0.717, 1.165) is 36.2 Å². The Morgan fingerprint density at radius 2 is 1.25 bits per heavy atom. The summed E-state index contributed by atoms with van der Waals surface area (Å²) >= 11 is 1.34. The Kier molecular flexibility index (Phi) is 5.98. The second-order valence-electron chi connectivity index (χ2n) is 5.49. The van der Waals surface area contributed by atoms with Crippen molar-refractivity contribution in [2.24, 2.45) is 0 Å². The molecule has 2 N–H and O–H groups in total. The zero-order valence-electron chi connectivity index (χ0n) is 13.1. The lowest BCUT2D eigenvalue weighted by Gasteiger charge is -2.05. The molecule has 4 rings (SSSR count). The fraction of sp³-hybridized carbons (Fsp3) is 0.333. The maximum Gasteiger partial charge on any atom is 0.129 e. The third-order valence-corrected chi connectivity index (χ3v) is 4.49. The Labute approximate surface area is 145 Å². The third kappa shape index (κ3) is 5.72. The summed E-state index contributed by atoms with van der Waals surface area (Å²) in [6, 6.07) is 14.1. The van der Waals surface area contributed by atoms with Crippen LogP contribution in [0.1, 0.15) is 0 Å². The quantitative estimate of drug-likeness (QED) is 0.782. The van der Waals surface area contributed by atoms with Crippen LogP contribution in [-0.4, -0.2) is 48.8 Å². The van der Waals surface area contributed by atoms with E-state index < -0.39 is 0 Å². The fourth-order valence-electron chi connectivity index (χ4n) is 1.86. The molecule has 2 atom stereocenters. The summed E-state index contributed by atoms with van der Waals surface area (Å²) in [6.45, 7) is 3.26. The van der Waals surface area contributed by atoms with Gasteiger partial charge < -0.3 is 24.4 Å². The fourth-order valence-corrected chi connectivity index (χ4v) is 2.74. The van der Waals surface area contributed by atoms with Crippen molar-refractivity contribution < 1.29 is 24.4 Å². The van der Waals surface area contributed by atoms with Crippen LogP contribution >= 0.6 is 11.8 Å². The molecule has 2 saturated heterocycles. The molecule has 2 aliphatic rings. The maximum absolute atomic E-state index is 9.56. The van der Waals surface area contributed by atoms with Crippen LogP contribution in [0.3, 0.4) is 0 Å². The second kappa shape index (κ2) is 8.39. The van der Waals surface area contributed by atoms with E-state index in [-0.39, 0.29) is 11.5 Å². The van der Waals surface area contributed by atoms with Gasteiger partial charge in [0.25, 0.3) is 0 Å². The number of rotatable bonds is 6. The van der Waals surface area contributed by atoms with Crippen LogP contribution in [-0.2, 0) is 14.2 Å². The number of phenolic OH excluding ortho intramolecular Hbond substituents is 2. The first-order valence-corrected chi connectivity index (χ1v) is 8.59. The normalized spacial score (nSPS) is 20.8. The molecule has 2 aromatic rings. The molecule has 2 heterocycles. The van der Waals surface area contributed by atoms with Crippen LogP contribution in [0.25, 0.3) is 0 Å². The summed E-state index contributed by atoms with van der Waals surface area (Å²) in [5.41, 5.74) is 0. The van der Waals surface area contributed by atoms with E-state index in [4.69, 9.17) is 14.2 Å². The van der Waals surface area contributed by atoms with Crippen molar-refractivity contribution in [3.63, 3.8) is 0 Å². The highest BCUT2D eigenvalue weighted by molar-refractivity contribution is 7.99. The lowest BCUT2D eigenvalue weighted by Crippen LogP contribution is -2.06. The Hall–Kier alpha value is -1.73. The monoisotopic (exact) mass is 348 g/mol. The van der Waals surface area contributed by atoms with Crippen molar-refractivity contribution in [2.75, 3.05) is 26.4 Å². The summed E-state index contributed by atoms with van der Waals surface area (Å²) in [5.74, 6) is 0.455. The summed E-state index contributed by atoms with van der Waals surface area (Å²) in [4.78, 5) is 1.47. The van der Waals surface area contributed by atoms with Gasteiger partial charge >= 0.3 is 0 Å². The van der Waals surface area contributed by atoms with Gasteiger partial charge in [0.1, 0.15) is 23.7 Å². The number of hydrogen-bond acceptors (Lipinski definition) is 6. The molecule has 2 unspecified atom stereocenters. The average molecular weight is 348 g/mol. The van der Waals surface area contributed by atoms with E-state index >= 15 is 0 Å². The van der Waals surface area contributed by atoms with Gasteiger partial charge in [-0.05, 0) is 24.3 Å². The molecule has 0 aliphatic carbocycles. The van der Waals surface area contributed by atoms with E-state index in [2.05, 4.69) is 0 Å². The Bertz CT molecular complexity index is 600. The van der Waals surface area contributed by atoms with E-state index in [9.17, 15) is 10.2 Å². The zero-order chi connectivity index (χ0) is 16.8. The molecule has 2 aliphatic heterocycles. The SMILES string of the molecule is C(OCC1CO1)C1CO1.Oc1ccccc1Sc1ccccc1O. The highest BCUT2D eigenvalue weighted by atomic mass is 32.2. The number of benzene rings is 2. The van der Waals surface area contributed by atoms with Crippen molar-refractivity contribution in [2.45, 2.75) is 22.0 Å². The number of aromatic hydroxyl groups is 2. The number of phenols is 2. The molecule has 6 heteroatoms. The van der Waals surface area contributed by atoms with Gasteiger partial charge in [0, 0.05) is 0 Å². The number of ether oxygens (including phenoxy) is 3. The molecule has 2 fully saturated rings. The highest BCUT2D eigenvalue weighted by Gasteiger charge is 2.26. The van der Waals surface area contributed by atoms with Crippen LogP contribution in [0.15, 0.2) is 58.3 Å². The van der Waals surface area contributed by atoms with Crippen LogP contribution < -0.4 is 0 Å². The van der Waals surface area contributed by atoms with Crippen molar-refractivity contribution in [1.82, 2.24) is 0 Å². The molecule has 0 spiro atoms. The first-order valence-electron chi connectivity index (χ1n) is 7.77. The predicted octanol–water partition coefficient (Wildman–Crippen LogP) is 3.05. The van der Waals surface area contributed by atoms with Gasteiger partial charge in [0.05, 0.1) is 36.2 Å². The minimum atomic E-state index is 0.228. The summed E-state index contributed by atoms with van der Waals surface area (Å²) < 4.78 is 15.1. The van der Waals surface area contributed by atoms with Crippen molar-refractivity contribution in [3.05, 3.63) is 48.5 Å². The number of epoxide rings is 2. The van der Waals surface area contributed by atoms with Crippen molar-refractivity contribution in [3.8, 4) is 11.5 Å². The minimum absolute atomic E-state index is 0.228. The molecular formula is C18H20O5S. The molecule has 2 aromatic carbocycles. The zero-order valence-corrected chi connectivity index (χ0v) is 13.9. The minimum Gasteiger partial charge on any atom is -0.507 e. The van der Waals surface area contributed by atoms with Gasteiger partial charge in [0.15, 0.2) is 0 Å². The van der Waals surface area contributed by atoms with Crippen molar-refractivity contribution in [1.29, 1.82) is 0 Å². The van der Waals surface area contributed by atoms with E-state index in [1.807, 2.05) is 24.3 Å². The number of hydrogen-bond donors (Lipinski definition) is 2. The van der Waals surface area contributed by atoms with Gasteiger partial charge in [-0.15, -0.1) is 0 Å². The molecule has 128 valence electrons. The topological polar surface area (TPSA) is 74.8 Å². The predicted molar refractivity (Wildman–Crippen MR) is 90.6 cm³/mol. The maximum atomic E-state index is 9.56. The molecule has 5 nitrogen and oxygen atoms in total. The van der Waals surface area contributed by atoms with Gasteiger partial charge in [0.2, 0.25) is 0 Å². The van der Waals surface area contributed by atoms with Crippen LogP contribution in [0.4, 0.5) is 0 Å². The first-order chi connectivity index (χ1) is 11.7. The Morgan fingerprint density at radius 3 is 1.62 bits per heavy atom. The molecule has 0 saturated carbocycles. The van der Waals surface area contributed by atoms with Gasteiger partial charge in [-0.1, -0.05) is 36.0 Å². The van der Waals surface area contributed by atoms with Crippen molar-refractivity contribution >= 4 is 11.8 Å². The van der Waals surface area contributed by atoms with Gasteiger partial charge in [-0.2, -0.15) is 0 Å². The molecule has 0 bridgehead atoms. The summed E-state index contributed by atoms with van der Waals surface area (Å²) in [5, 5.41) is 19.1. The van der Waals surface area contributed by atoms with Crippen LogP contribution in [0, 0.1) is 0 Å². The molecular weight excluding hydrogens is 328 g/mol. The Morgan fingerprint density at radius 1 is 0.833 bits per heavy atom. The number of para-hydroxylation sites is 2. The lowest BCUT2D eigenvalue weighted by molar-refractivity contribution is 0.102.